The maximum absolute atomic E-state index is 12.9. The number of nitrogens with one attached hydrogen (secondary N) is 1. The highest BCUT2D eigenvalue weighted by molar-refractivity contribution is 7.45. The van der Waals surface area contributed by atoms with Gasteiger partial charge in [0.1, 0.15) is 13.2 Å². The van der Waals surface area contributed by atoms with Crippen LogP contribution in [0.1, 0.15) is 219 Å². The number of amides is 1. The van der Waals surface area contributed by atoms with Gasteiger partial charge in [0.05, 0.1) is 39.9 Å². The number of hydrogen-bond donors (Lipinski definition) is 2. The van der Waals surface area contributed by atoms with Crippen LogP contribution in [0.3, 0.4) is 0 Å². The number of phosphoric acid groups is 1. The first kappa shape index (κ1) is 61.9. The lowest BCUT2D eigenvalue weighted by Crippen LogP contribution is -2.45. The summed E-state index contributed by atoms with van der Waals surface area (Å²) in [6.45, 7) is 4.53. The quantitative estimate of drug-likeness (QED) is 0.0272. The Morgan fingerprint density at radius 2 is 0.953 bits per heavy atom. The third-order valence-corrected chi connectivity index (χ3v) is 12.4. The molecule has 3 unspecified atom stereocenters. The highest BCUT2D eigenvalue weighted by atomic mass is 31.2. The largest absolute Gasteiger partial charge is 0.756 e. The zero-order valence-electron chi connectivity index (χ0n) is 42.2. The molecule has 64 heavy (non-hydrogen) atoms. The van der Waals surface area contributed by atoms with E-state index >= 15 is 0 Å². The van der Waals surface area contributed by atoms with Crippen LogP contribution in [0.25, 0.3) is 0 Å². The molecule has 0 heterocycles. The Balaban J connectivity index is 4.24. The summed E-state index contributed by atoms with van der Waals surface area (Å²) in [5.74, 6) is -0.203. The Labute approximate surface area is 395 Å². The van der Waals surface area contributed by atoms with E-state index in [1.807, 2.05) is 27.2 Å². The van der Waals surface area contributed by atoms with Crippen LogP contribution in [0.5, 0.6) is 0 Å². The first-order chi connectivity index (χ1) is 31.0. The SMILES string of the molecule is CC/C=C\C/C=C\C/C=C\C/C=C\C/C=C\CCCCCCCCCCCCCC(=O)NC(COP(=O)([O-])OCC[N+](C)(C)C)C(O)/C=C/CCCCCCCCCCCCCCC. The minimum absolute atomic E-state index is 0.00410. The fourth-order valence-corrected chi connectivity index (χ4v) is 8.02. The van der Waals surface area contributed by atoms with Crippen LogP contribution < -0.4 is 10.2 Å². The van der Waals surface area contributed by atoms with E-state index in [4.69, 9.17) is 9.05 Å². The molecule has 2 N–H and O–H groups in total. The monoisotopic (exact) mass is 917 g/mol. The van der Waals surface area contributed by atoms with Crippen LogP contribution in [0.4, 0.5) is 0 Å². The normalized spacial score (nSPS) is 14.7. The Hall–Kier alpha value is -2.06. The van der Waals surface area contributed by atoms with Gasteiger partial charge < -0.3 is 28.8 Å². The van der Waals surface area contributed by atoms with E-state index in [1.54, 1.807) is 6.08 Å². The topological polar surface area (TPSA) is 108 Å². The summed E-state index contributed by atoms with van der Waals surface area (Å²) in [7, 11) is 1.25. The molecule has 372 valence electrons. The van der Waals surface area contributed by atoms with Crippen LogP contribution in [-0.4, -0.2) is 68.5 Å². The molecule has 0 aromatic carbocycles. The molecule has 0 aliphatic heterocycles. The molecule has 0 aromatic heterocycles. The summed E-state index contributed by atoms with van der Waals surface area (Å²) in [6.07, 6.45) is 62.4. The number of carbonyl (C=O) groups is 1. The first-order valence-corrected chi connectivity index (χ1v) is 27.8. The minimum Gasteiger partial charge on any atom is -0.756 e. The number of carbonyl (C=O) groups excluding carboxylic acids is 1. The number of aliphatic hydroxyl groups is 1. The third-order valence-electron chi connectivity index (χ3n) is 11.4. The molecule has 0 radical (unpaired) electrons. The van der Waals surface area contributed by atoms with Crippen molar-refractivity contribution in [2.24, 2.45) is 0 Å². The number of unbranched alkanes of at least 4 members (excludes halogenated alkanes) is 24. The Kier molecular flexibility index (Phi) is 44.6. The first-order valence-electron chi connectivity index (χ1n) is 26.3. The lowest BCUT2D eigenvalue weighted by Gasteiger charge is -2.29. The van der Waals surface area contributed by atoms with E-state index < -0.39 is 20.0 Å². The van der Waals surface area contributed by atoms with Gasteiger partial charge in [-0.25, -0.2) is 0 Å². The summed E-state index contributed by atoms with van der Waals surface area (Å²) < 4.78 is 23.3. The summed E-state index contributed by atoms with van der Waals surface area (Å²) in [5, 5.41) is 13.8. The average Bonchev–Trinajstić information content (AvgIpc) is 3.25. The molecule has 0 saturated heterocycles. The van der Waals surface area contributed by atoms with Crippen molar-refractivity contribution in [3.05, 3.63) is 72.9 Å². The van der Waals surface area contributed by atoms with Gasteiger partial charge in [-0.1, -0.05) is 222 Å². The van der Waals surface area contributed by atoms with Crippen LogP contribution in [-0.2, 0) is 18.4 Å². The molecule has 0 rings (SSSR count). The molecule has 3 atom stereocenters. The van der Waals surface area contributed by atoms with Crippen LogP contribution in [0, 0.1) is 0 Å². The van der Waals surface area contributed by atoms with Crippen molar-refractivity contribution in [3.8, 4) is 0 Å². The van der Waals surface area contributed by atoms with E-state index in [-0.39, 0.29) is 19.1 Å². The van der Waals surface area contributed by atoms with Gasteiger partial charge in [-0.2, -0.15) is 0 Å². The molecule has 0 fully saturated rings. The standard InChI is InChI=1S/C55H101N2O6P/c1-6-8-10-12-14-16-18-20-22-23-24-25-26-27-28-29-30-31-32-33-35-37-39-41-43-45-47-49-55(59)56-53(52-63-64(60,61)62-51-50-57(3,4)5)54(58)48-46-44-42-40-38-36-34-21-19-17-15-13-11-9-7-2/h8,10,14,16,20,22,24-25,27-28,46,48,53-54,58H,6-7,9,11-13,15,17-19,21,23,26,29-45,47,49-52H2,1-5H3,(H-,56,59,60,61)/b10-8-,16-14-,22-20-,25-24-,28-27-,48-46+. The van der Waals surface area contributed by atoms with Gasteiger partial charge in [-0.15, -0.1) is 0 Å². The number of quaternary nitrogens is 1. The van der Waals surface area contributed by atoms with Gasteiger partial charge in [-0.3, -0.25) is 9.36 Å². The van der Waals surface area contributed by atoms with E-state index in [0.29, 0.717) is 17.4 Å². The number of likely N-dealkylation sites (N-methyl/N-ethyl adjacent to an activating group) is 1. The second kappa shape index (κ2) is 46.1. The van der Waals surface area contributed by atoms with Gasteiger partial charge in [0.2, 0.25) is 5.91 Å². The van der Waals surface area contributed by atoms with Crippen molar-refractivity contribution < 1.29 is 32.9 Å². The van der Waals surface area contributed by atoms with Crippen molar-refractivity contribution in [2.75, 3.05) is 40.9 Å². The summed E-state index contributed by atoms with van der Waals surface area (Å²) >= 11 is 0. The number of phosphoric ester groups is 1. The molecule has 0 aliphatic rings. The fraction of sp³-hybridized carbons (Fsp3) is 0.764. The maximum atomic E-state index is 12.9. The molecular formula is C55H101N2O6P. The average molecular weight is 917 g/mol. The number of aliphatic hydroxyl groups excluding tert-OH is 1. The summed E-state index contributed by atoms with van der Waals surface area (Å²) in [4.78, 5) is 25.4. The van der Waals surface area contributed by atoms with E-state index in [9.17, 15) is 19.4 Å². The predicted octanol–water partition coefficient (Wildman–Crippen LogP) is 14.9. The lowest BCUT2D eigenvalue weighted by molar-refractivity contribution is -0.870. The molecule has 0 bridgehead atoms. The second-order valence-corrected chi connectivity index (χ2v) is 20.3. The van der Waals surface area contributed by atoms with Crippen molar-refractivity contribution in [2.45, 2.75) is 231 Å². The molecule has 1 amide bonds. The number of nitrogens with zero attached hydrogens (tertiary/aromatic N) is 1. The van der Waals surface area contributed by atoms with Crippen LogP contribution in [0.15, 0.2) is 72.9 Å². The Bertz CT molecular complexity index is 1270. The van der Waals surface area contributed by atoms with Gasteiger partial charge in [0.25, 0.3) is 7.82 Å². The second-order valence-electron chi connectivity index (χ2n) is 18.9. The number of rotatable bonds is 47. The molecule has 0 aromatic rings. The Morgan fingerprint density at radius 1 is 0.562 bits per heavy atom. The van der Waals surface area contributed by atoms with E-state index in [0.717, 1.165) is 70.6 Å². The molecule has 9 heteroatoms. The predicted molar refractivity (Wildman–Crippen MR) is 274 cm³/mol. The van der Waals surface area contributed by atoms with Crippen LogP contribution >= 0.6 is 7.82 Å². The maximum Gasteiger partial charge on any atom is 0.268 e. The number of hydrogen-bond acceptors (Lipinski definition) is 6. The van der Waals surface area contributed by atoms with E-state index in [1.165, 1.54) is 128 Å². The summed E-state index contributed by atoms with van der Waals surface area (Å²) in [5.41, 5.74) is 0. The van der Waals surface area contributed by atoms with Crippen molar-refractivity contribution in [3.63, 3.8) is 0 Å². The van der Waals surface area contributed by atoms with Crippen molar-refractivity contribution in [1.29, 1.82) is 0 Å². The minimum atomic E-state index is -4.60. The smallest absolute Gasteiger partial charge is 0.268 e. The van der Waals surface area contributed by atoms with Gasteiger partial charge in [0, 0.05) is 6.42 Å². The fourth-order valence-electron chi connectivity index (χ4n) is 7.30. The highest BCUT2D eigenvalue weighted by Crippen LogP contribution is 2.38. The van der Waals surface area contributed by atoms with Gasteiger partial charge >= 0.3 is 0 Å². The molecule has 0 spiro atoms. The van der Waals surface area contributed by atoms with Gasteiger partial charge in [-0.05, 0) is 64.2 Å². The molecule has 8 nitrogen and oxygen atoms in total. The van der Waals surface area contributed by atoms with Crippen molar-refractivity contribution >= 4 is 13.7 Å². The van der Waals surface area contributed by atoms with Crippen molar-refractivity contribution in [1.82, 2.24) is 5.32 Å². The lowest BCUT2D eigenvalue weighted by atomic mass is 10.0. The van der Waals surface area contributed by atoms with Gasteiger partial charge in [0.15, 0.2) is 0 Å². The Morgan fingerprint density at radius 3 is 1.39 bits per heavy atom. The third kappa shape index (κ3) is 47.9. The summed E-state index contributed by atoms with van der Waals surface area (Å²) in [6, 6.07) is -0.891. The molecule has 0 aliphatic carbocycles. The highest BCUT2D eigenvalue weighted by Gasteiger charge is 2.23. The zero-order valence-corrected chi connectivity index (χ0v) is 43.1. The molecular weight excluding hydrogens is 816 g/mol. The zero-order chi connectivity index (χ0) is 47.1. The van der Waals surface area contributed by atoms with E-state index in [2.05, 4.69) is 79.9 Å². The molecule has 0 saturated carbocycles. The number of allylic oxidation sites excluding steroid dienone is 11. The van der Waals surface area contributed by atoms with Crippen LogP contribution in [0.2, 0.25) is 0 Å².